The van der Waals surface area contributed by atoms with Gasteiger partial charge in [0.15, 0.2) is 6.29 Å². The maximum absolute atomic E-state index is 10.8. The lowest BCUT2D eigenvalue weighted by Gasteiger charge is -2.08. The lowest BCUT2D eigenvalue weighted by Crippen LogP contribution is -2.05. The Kier molecular flexibility index (Phi) is 5.45. The predicted molar refractivity (Wildman–Crippen MR) is 60.4 cm³/mol. The molecule has 1 aromatic rings. The number of hydrogen-bond acceptors (Lipinski definition) is 5. The third-order valence-corrected chi connectivity index (χ3v) is 2.18. The van der Waals surface area contributed by atoms with Crippen molar-refractivity contribution in [2.75, 3.05) is 13.7 Å². The first kappa shape index (κ1) is 13.5. The lowest BCUT2D eigenvalue weighted by atomic mass is 10.2. The standard InChI is InChI=1S/C12H16O5/c1-16-11(13)6-3-7-17-10-5-2-4-9(8-10)12(14)15/h2,4-5,8,12,14-15H,3,6-7H2,1H3. The van der Waals surface area contributed by atoms with Crippen LogP contribution in [0.5, 0.6) is 5.75 Å². The molecule has 0 aliphatic heterocycles. The van der Waals surface area contributed by atoms with E-state index in [1.54, 1.807) is 24.3 Å². The van der Waals surface area contributed by atoms with Crippen LogP contribution in [0.3, 0.4) is 0 Å². The summed E-state index contributed by atoms with van der Waals surface area (Å²) in [6.07, 6.45) is -0.647. The zero-order valence-electron chi connectivity index (χ0n) is 9.63. The van der Waals surface area contributed by atoms with E-state index in [0.29, 0.717) is 30.8 Å². The molecule has 1 aromatic carbocycles. The maximum Gasteiger partial charge on any atom is 0.305 e. The van der Waals surface area contributed by atoms with Crippen molar-refractivity contribution in [3.05, 3.63) is 29.8 Å². The molecule has 0 heterocycles. The van der Waals surface area contributed by atoms with Gasteiger partial charge in [-0.1, -0.05) is 12.1 Å². The minimum absolute atomic E-state index is 0.270. The highest BCUT2D eigenvalue weighted by Crippen LogP contribution is 2.17. The minimum Gasteiger partial charge on any atom is -0.494 e. The second kappa shape index (κ2) is 6.88. The summed E-state index contributed by atoms with van der Waals surface area (Å²) in [5, 5.41) is 17.9. The summed E-state index contributed by atoms with van der Waals surface area (Å²) in [6.45, 7) is 0.375. The first-order chi connectivity index (χ1) is 8.13. The van der Waals surface area contributed by atoms with E-state index in [4.69, 9.17) is 14.9 Å². The summed E-state index contributed by atoms with van der Waals surface area (Å²) < 4.78 is 9.85. The van der Waals surface area contributed by atoms with E-state index in [9.17, 15) is 4.79 Å². The van der Waals surface area contributed by atoms with Crippen LogP contribution in [0.1, 0.15) is 24.7 Å². The first-order valence-electron chi connectivity index (χ1n) is 5.29. The Hall–Kier alpha value is -1.59. The molecule has 0 aromatic heterocycles. The summed E-state index contributed by atoms with van der Waals surface area (Å²) in [6, 6.07) is 6.52. The molecule has 0 saturated heterocycles. The molecule has 17 heavy (non-hydrogen) atoms. The van der Waals surface area contributed by atoms with Gasteiger partial charge in [0.2, 0.25) is 0 Å². The van der Waals surface area contributed by atoms with Crippen molar-refractivity contribution in [3.8, 4) is 5.75 Å². The van der Waals surface area contributed by atoms with Crippen molar-refractivity contribution in [1.82, 2.24) is 0 Å². The van der Waals surface area contributed by atoms with Crippen molar-refractivity contribution in [1.29, 1.82) is 0 Å². The van der Waals surface area contributed by atoms with Crippen molar-refractivity contribution < 1.29 is 24.5 Å². The van der Waals surface area contributed by atoms with Gasteiger partial charge in [0, 0.05) is 12.0 Å². The van der Waals surface area contributed by atoms with Crippen LogP contribution in [-0.4, -0.2) is 29.9 Å². The highest BCUT2D eigenvalue weighted by atomic mass is 16.5. The van der Waals surface area contributed by atoms with Crippen LogP contribution >= 0.6 is 0 Å². The van der Waals surface area contributed by atoms with Crippen LogP contribution in [0, 0.1) is 0 Å². The number of rotatable bonds is 6. The normalized spacial score (nSPS) is 10.4. The fourth-order valence-electron chi connectivity index (χ4n) is 1.27. The molecule has 0 saturated carbocycles. The van der Waals surface area contributed by atoms with Gasteiger partial charge in [-0.15, -0.1) is 0 Å². The summed E-state index contributed by atoms with van der Waals surface area (Å²) in [5.41, 5.74) is 0.371. The topological polar surface area (TPSA) is 76.0 Å². The molecule has 0 radical (unpaired) electrons. The molecule has 5 nitrogen and oxygen atoms in total. The molecule has 0 bridgehead atoms. The molecule has 5 heteroatoms. The van der Waals surface area contributed by atoms with Crippen LogP contribution in [0.25, 0.3) is 0 Å². The SMILES string of the molecule is COC(=O)CCCOc1cccc(C(O)O)c1. The number of aliphatic hydroxyl groups is 2. The first-order valence-corrected chi connectivity index (χ1v) is 5.29. The Morgan fingerprint density at radius 3 is 2.82 bits per heavy atom. The van der Waals surface area contributed by atoms with Gasteiger partial charge < -0.3 is 19.7 Å². The molecule has 0 amide bonds. The smallest absolute Gasteiger partial charge is 0.305 e. The predicted octanol–water partition coefficient (Wildman–Crippen LogP) is 1.00. The van der Waals surface area contributed by atoms with Crippen LogP contribution in [0.15, 0.2) is 24.3 Å². The maximum atomic E-state index is 10.8. The number of hydrogen-bond donors (Lipinski definition) is 2. The van der Waals surface area contributed by atoms with Gasteiger partial charge in [-0.25, -0.2) is 0 Å². The van der Waals surface area contributed by atoms with Crippen molar-refractivity contribution >= 4 is 5.97 Å². The molecular weight excluding hydrogens is 224 g/mol. The molecule has 0 unspecified atom stereocenters. The number of aliphatic hydroxyl groups excluding tert-OH is 1. The zero-order valence-corrected chi connectivity index (χ0v) is 9.63. The van der Waals surface area contributed by atoms with E-state index >= 15 is 0 Å². The van der Waals surface area contributed by atoms with Crippen LogP contribution in [0.2, 0.25) is 0 Å². The van der Waals surface area contributed by atoms with Gasteiger partial charge in [-0.05, 0) is 18.6 Å². The molecular formula is C12H16O5. The highest BCUT2D eigenvalue weighted by molar-refractivity contribution is 5.69. The van der Waals surface area contributed by atoms with E-state index in [2.05, 4.69) is 4.74 Å². The average Bonchev–Trinajstić information content (AvgIpc) is 2.34. The third-order valence-electron chi connectivity index (χ3n) is 2.18. The Bertz CT molecular complexity index is 362. The van der Waals surface area contributed by atoms with Crippen molar-refractivity contribution in [2.45, 2.75) is 19.1 Å². The summed E-state index contributed by atoms with van der Waals surface area (Å²) in [4.78, 5) is 10.8. The number of benzene rings is 1. The van der Waals surface area contributed by atoms with Crippen LogP contribution in [0.4, 0.5) is 0 Å². The fourth-order valence-corrected chi connectivity index (χ4v) is 1.27. The molecule has 94 valence electrons. The molecule has 0 atom stereocenters. The summed E-state index contributed by atoms with van der Waals surface area (Å²) in [5.74, 6) is 0.272. The van der Waals surface area contributed by atoms with Gasteiger partial charge in [-0.2, -0.15) is 0 Å². The summed E-state index contributed by atoms with van der Waals surface area (Å²) in [7, 11) is 1.34. The molecule has 0 aliphatic rings. The molecule has 0 fully saturated rings. The van der Waals surface area contributed by atoms with Gasteiger partial charge >= 0.3 is 5.97 Å². The van der Waals surface area contributed by atoms with Gasteiger partial charge in [0.05, 0.1) is 13.7 Å². The number of methoxy groups -OCH3 is 1. The minimum atomic E-state index is -1.51. The Morgan fingerprint density at radius 1 is 1.41 bits per heavy atom. The molecule has 0 aliphatic carbocycles. The number of carbonyl (C=O) groups excluding carboxylic acids is 1. The number of esters is 1. The molecule has 0 spiro atoms. The molecule has 2 N–H and O–H groups in total. The Balaban J connectivity index is 2.36. The lowest BCUT2D eigenvalue weighted by molar-refractivity contribution is -0.140. The quantitative estimate of drug-likeness (QED) is 0.441. The average molecular weight is 240 g/mol. The monoisotopic (exact) mass is 240 g/mol. The van der Waals surface area contributed by atoms with E-state index in [-0.39, 0.29) is 5.97 Å². The van der Waals surface area contributed by atoms with Gasteiger partial charge in [-0.3, -0.25) is 4.79 Å². The second-order valence-electron chi connectivity index (χ2n) is 3.47. The highest BCUT2D eigenvalue weighted by Gasteiger charge is 2.04. The van der Waals surface area contributed by atoms with E-state index in [1.165, 1.54) is 7.11 Å². The van der Waals surface area contributed by atoms with Gasteiger partial charge in [0.25, 0.3) is 0 Å². The summed E-state index contributed by atoms with van der Waals surface area (Å²) >= 11 is 0. The Labute approximate surface area is 99.6 Å². The van der Waals surface area contributed by atoms with E-state index < -0.39 is 6.29 Å². The van der Waals surface area contributed by atoms with Gasteiger partial charge in [0.1, 0.15) is 5.75 Å². The number of ether oxygens (including phenoxy) is 2. The Morgan fingerprint density at radius 2 is 2.18 bits per heavy atom. The zero-order chi connectivity index (χ0) is 12.7. The van der Waals surface area contributed by atoms with Crippen molar-refractivity contribution in [3.63, 3.8) is 0 Å². The van der Waals surface area contributed by atoms with E-state index in [0.717, 1.165) is 0 Å². The van der Waals surface area contributed by atoms with E-state index in [1.807, 2.05) is 0 Å². The van der Waals surface area contributed by atoms with Crippen LogP contribution < -0.4 is 4.74 Å². The largest absolute Gasteiger partial charge is 0.494 e. The number of carbonyl (C=O) groups is 1. The van der Waals surface area contributed by atoms with Crippen molar-refractivity contribution in [2.24, 2.45) is 0 Å². The molecule has 1 rings (SSSR count). The third kappa shape index (κ3) is 4.84. The van der Waals surface area contributed by atoms with Crippen LogP contribution in [-0.2, 0) is 9.53 Å². The second-order valence-corrected chi connectivity index (χ2v) is 3.47. The fraction of sp³-hybridized carbons (Fsp3) is 0.417.